The molecule has 1 saturated carbocycles. The molecule has 114 valence electrons. The van der Waals surface area contributed by atoms with Crippen LogP contribution in [-0.4, -0.2) is 22.5 Å². The Morgan fingerprint density at radius 1 is 1.38 bits per heavy atom. The summed E-state index contributed by atoms with van der Waals surface area (Å²) in [4.78, 5) is 23.2. The van der Waals surface area contributed by atoms with Crippen molar-refractivity contribution in [3.05, 3.63) is 34.3 Å². The molecule has 2 N–H and O–H groups in total. The zero-order valence-electron chi connectivity index (χ0n) is 12.3. The lowest BCUT2D eigenvalue weighted by molar-refractivity contribution is -0.139. The van der Waals surface area contributed by atoms with Gasteiger partial charge in [-0.2, -0.15) is 0 Å². The van der Waals surface area contributed by atoms with E-state index >= 15 is 0 Å². The Hall–Kier alpha value is -1.55. The Balaban J connectivity index is 2.13. The minimum Gasteiger partial charge on any atom is -0.481 e. The van der Waals surface area contributed by atoms with Crippen LogP contribution in [0.25, 0.3) is 0 Å². The first-order valence-electron chi connectivity index (χ1n) is 7.17. The largest absolute Gasteiger partial charge is 0.481 e. The smallest absolute Gasteiger partial charge is 0.305 e. The molecule has 2 rings (SSSR count). The Kier molecular flexibility index (Phi) is 4.57. The van der Waals surface area contributed by atoms with E-state index in [1.807, 2.05) is 19.9 Å². The van der Waals surface area contributed by atoms with Crippen molar-refractivity contribution < 1.29 is 14.7 Å². The number of benzene rings is 1. The third kappa shape index (κ3) is 3.56. The van der Waals surface area contributed by atoms with Crippen molar-refractivity contribution in [2.75, 3.05) is 0 Å². The van der Waals surface area contributed by atoms with Crippen molar-refractivity contribution in [3.8, 4) is 0 Å². The third-order valence-electron chi connectivity index (χ3n) is 4.06. The van der Waals surface area contributed by atoms with Crippen LogP contribution in [0.1, 0.15) is 61.4 Å². The zero-order chi connectivity index (χ0) is 15.6. The maximum absolute atomic E-state index is 12.3. The molecule has 0 radical (unpaired) electrons. The minimum absolute atomic E-state index is 0.0312. The normalized spacial score (nSPS) is 16.4. The average Bonchev–Trinajstić information content (AvgIpc) is 2.34. The molecule has 21 heavy (non-hydrogen) atoms. The molecule has 0 atom stereocenters. The van der Waals surface area contributed by atoms with Crippen molar-refractivity contribution in [1.29, 1.82) is 0 Å². The number of nitrogens with one attached hydrogen (secondary N) is 1. The lowest BCUT2D eigenvalue weighted by Crippen LogP contribution is -2.54. The van der Waals surface area contributed by atoms with Gasteiger partial charge < -0.3 is 10.4 Å². The maximum Gasteiger partial charge on any atom is 0.305 e. The van der Waals surface area contributed by atoms with Crippen LogP contribution in [0.3, 0.4) is 0 Å². The highest BCUT2D eigenvalue weighted by Crippen LogP contribution is 2.35. The number of rotatable bonds is 5. The van der Waals surface area contributed by atoms with Crippen LogP contribution in [-0.2, 0) is 4.79 Å². The minimum atomic E-state index is -0.886. The number of amides is 1. The number of aliphatic carboxylic acids is 1. The lowest BCUT2D eigenvalue weighted by atomic mass is 9.74. The van der Waals surface area contributed by atoms with Gasteiger partial charge in [0.05, 0.1) is 12.0 Å². The number of carboxylic acid groups (broad SMARTS) is 1. The SMILES string of the molecule is CC(C)c1ccc(C(=O)NC2(CC(=O)O)CCC2)cc1Cl. The van der Waals surface area contributed by atoms with Gasteiger partial charge in [0.15, 0.2) is 0 Å². The fraction of sp³-hybridized carbons (Fsp3) is 0.500. The van der Waals surface area contributed by atoms with E-state index in [4.69, 9.17) is 16.7 Å². The average molecular weight is 310 g/mol. The maximum atomic E-state index is 12.3. The summed E-state index contributed by atoms with van der Waals surface area (Å²) >= 11 is 6.20. The topological polar surface area (TPSA) is 66.4 Å². The van der Waals surface area contributed by atoms with E-state index in [9.17, 15) is 9.59 Å². The van der Waals surface area contributed by atoms with E-state index in [0.29, 0.717) is 29.3 Å². The van der Waals surface area contributed by atoms with Crippen LogP contribution in [0.15, 0.2) is 18.2 Å². The molecule has 1 aliphatic rings. The van der Waals surface area contributed by atoms with Crippen LogP contribution in [0, 0.1) is 0 Å². The summed E-state index contributed by atoms with van der Waals surface area (Å²) in [6, 6.07) is 5.25. The van der Waals surface area contributed by atoms with Crippen LogP contribution in [0.5, 0.6) is 0 Å². The molecule has 5 heteroatoms. The van der Waals surface area contributed by atoms with Gasteiger partial charge in [-0.05, 0) is 42.9 Å². The molecule has 1 amide bonds. The monoisotopic (exact) mass is 309 g/mol. The van der Waals surface area contributed by atoms with Gasteiger partial charge in [0.1, 0.15) is 0 Å². The molecule has 0 spiro atoms. The number of hydrogen-bond acceptors (Lipinski definition) is 2. The summed E-state index contributed by atoms with van der Waals surface area (Å²) < 4.78 is 0. The third-order valence-corrected chi connectivity index (χ3v) is 4.39. The highest BCUT2D eigenvalue weighted by molar-refractivity contribution is 6.31. The highest BCUT2D eigenvalue weighted by Gasteiger charge is 2.40. The lowest BCUT2D eigenvalue weighted by Gasteiger charge is -2.41. The van der Waals surface area contributed by atoms with Crippen molar-refractivity contribution in [1.82, 2.24) is 5.32 Å². The van der Waals surface area contributed by atoms with Crippen LogP contribution in [0.4, 0.5) is 0 Å². The molecule has 1 aromatic carbocycles. The molecular formula is C16H20ClNO3. The first kappa shape index (κ1) is 15.8. The highest BCUT2D eigenvalue weighted by atomic mass is 35.5. The van der Waals surface area contributed by atoms with Gasteiger partial charge in [0.25, 0.3) is 5.91 Å². The molecule has 0 aliphatic heterocycles. The standard InChI is InChI=1S/C16H20ClNO3/c1-10(2)12-5-4-11(8-13(12)17)15(21)18-16(6-3-7-16)9-14(19)20/h4-5,8,10H,3,6-7,9H2,1-2H3,(H,18,21)(H,19,20). The van der Waals surface area contributed by atoms with Crippen molar-refractivity contribution in [3.63, 3.8) is 0 Å². The molecular weight excluding hydrogens is 290 g/mol. The molecule has 1 fully saturated rings. The fourth-order valence-electron chi connectivity index (χ4n) is 2.69. The van der Waals surface area contributed by atoms with Crippen molar-refractivity contribution >= 4 is 23.5 Å². The van der Waals surface area contributed by atoms with Gasteiger partial charge in [-0.25, -0.2) is 0 Å². The number of carbonyl (C=O) groups excluding carboxylic acids is 1. The second-order valence-electron chi connectivity index (χ2n) is 6.05. The second-order valence-corrected chi connectivity index (χ2v) is 6.46. The number of carbonyl (C=O) groups is 2. The first-order valence-corrected chi connectivity index (χ1v) is 7.54. The molecule has 0 bridgehead atoms. The second kappa shape index (κ2) is 6.06. The number of hydrogen-bond donors (Lipinski definition) is 2. The number of halogens is 1. The molecule has 0 unspecified atom stereocenters. The van der Waals surface area contributed by atoms with E-state index in [1.54, 1.807) is 12.1 Å². The predicted molar refractivity (Wildman–Crippen MR) is 81.8 cm³/mol. The van der Waals surface area contributed by atoms with Crippen LogP contribution in [0.2, 0.25) is 5.02 Å². The molecule has 1 aliphatic carbocycles. The van der Waals surface area contributed by atoms with E-state index in [2.05, 4.69) is 5.32 Å². The summed E-state index contributed by atoms with van der Waals surface area (Å²) in [7, 11) is 0. The van der Waals surface area contributed by atoms with Gasteiger partial charge in [-0.3, -0.25) is 9.59 Å². The Labute approximate surface area is 129 Å². The Bertz CT molecular complexity index is 565. The van der Waals surface area contributed by atoms with Crippen molar-refractivity contribution in [2.24, 2.45) is 0 Å². The number of carboxylic acids is 1. The predicted octanol–water partition coefficient (Wildman–Crippen LogP) is 3.59. The van der Waals surface area contributed by atoms with Crippen LogP contribution < -0.4 is 5.32 Å². The summed E-state index contributed by atoms with van der Waals surface area (Å²) in [6.07, 6.45) is 2.34. The molecule has 0 saturated heterocycles. The summed E-state index contributed by atoms with van der Waals surface area (Å²) in [5.74, 6) is -0.851. The molecule has 1 aromatic rings. The van der Waals surface area contributed by atoms with E-state index in [-0.39, 0.29) is 12.3 Å². The Morgan fingerprint density at radius 3 is 2.48 bits per heavy atom. The summed E-state index contributed by atoms with van der Waals surface area (Å²) in [6.45, 7) is 4.08. The van der Waals surface area contributed by atoms with Crippen molar-refractivity contribution in [2.45, 2.75) is 51.0 Å². The van der Waals surface area contributed by atoms with Gasteiger partial charge >= 0.3 is 5.97 Å². The van der Waals surface area contributed by atoms with Gasteiger partial charge in [-0.1, -0.05) is 31.5 Å². The fourth-order valence-corrected chi connectivity index (χ4v) is 3.09. The Morgan fingerprint density at radius 2 is 2.05 bits per heavy atom. The first-order chi connectivity index (χ1) is 9.83. The van der Waals surface area contributed by atoms with E-state index in [1.165, 1.54) is 0 Å². The van der Waals surface area contributed by atoms with Gasteiger partial charge in [0, 0.05) is 10.6 Å². The van der Waals surface area contributed by atoms with Gasteiger partial charge in [0.2, 0.25) is 0 Å². The summed E-state index contributed by atoms with van der Waals surface area (Å²) in [5, 5.41) is 12.4. The van der Waals surface area contributed by atoms with E-state index < -0.39 is 11.5 Å². The molecule has 4 nitrogen and oxygen atoms in total. The zero-order valence-corrected chi connectivity index (χ0v) is 13.0. The molecule has 0 aromatic heterocycles. The van der Waals surface area contributed by atoms with Gasteiger partial charge in [-0.15, -0.1) is 0 Å². The van der Waals surface area contributed by atoms with Crippen LogP contribution >= 0.6 is 11.6 Å². The van der Waals surface area contributed by atoms with E-state index in [0.717, 1.165) is 12.0 Å². The molecule has 0 heterocycles. The quantitative estimate of drug-likeness (QED) is 0.873. The summed E-state index contributed by atoms with van der Waals surface area (Å²) in [5.41, 5.74) is 0.879.